The molecule has 4 heteroatoms. The van der Waals surface area contributed by atoms with Crippen LogP contribution in [0, 0.1) is 25.2 Å². The molecule has 2 aromatic carbocycles. The second-order valence-corrected chi connectivity index (χ2v) is 6.67. The van der Waals surface area contributed by atoms with Gasteiger partial charge in [-0.25, -0.2) is 4.98 Å². The number of anilines is 1. The van der Waals surface area contributed by atoms with Crippen molar-refractivity contribution in [2.75, 3.05) is 5.73 Å². The first kappa shape index (κ1) is 16.2. The fourth-order valence-corrected chi connectivity index (χ4v) is 2.95. The third kappa shape index (κ3) is 3.04. The Bertz CT molecular complexity index is 954. The highest BCUT2D eigenvalue weighted by atomic mass is 79.9. The van der Waals surface area contributed by atoms with Crippen molar-refractivity contribution in [2.24, 2.45) is 0 Å². The van der Waals surface area contributed by atoms with E-state index < -0.39 is 0 Å². The molecule has 24 heavy (non-hydrogen) atoms. The summed E-state index contributed by atoms with van der Waals surface area (Å²) in [5.74, 6) is 0.258. The Morgan fingerprint density at radius 1 is 1.00 bits per heavy atom. The molecule has 2 N–H and O–H groups in total. The molecular formula is C20H16BrN3. The number of benzene rings is 2. The average molecular weight is 378 g/mol. The van der Waals surface area contributed by atoms with Gasteiger partial charge in [0.05, 0.1) is 5.69 Å². The zero-order valence-corrected chi connectivity index (χ0v) is 15.1. The van der Waals surface area contributed by atoms with Crippen LogP contribution in [-0.2, 0) is 0 Å². The van der Waals surface area contributed by atoms with E-state index in [9.17, 15) is 5.26 Å². The Hall–Kier alpha value is -2.64. The highest BCUT2D eigenvalue weighted by molar-refractivity contribution is 9.10. The maximum absolute atomic E-state index is 9.50. The molecule has 0 spiro atoms. The van der Waals surface area contributed by atoms with E-state index in [0.717, 1.165) is 38.0 Å². The van der Waals surface area contributed by atoms with Crippen LogP contribution in [0.4, 0.5) is 5.82 Å². The van der Waals surface area contributed by atoms with Gasteiger partial charge in [0.2, 0.25) is 0 Å². The fourth-order valence-electron chi connectivity index (χ4n) is 2.69. The number of nitrogens with two attached hydrogens (primary N) is 1. The molecule has 0 saturated carbocycles. The molecular weight excluding hydrogens is 362 g/mol. The SMILES string of the molecule is Cc1ccc(C)c(-c2cc(-c3ccc(Br)cc3)c(C#N)c(N)n2)c1. The number of nitrogen functional groups attached to an aromatic ring is 1. The summed E-state index contributed by atoms with van der Waals surface area (Å²) in [4.78, 5) is 4.47. The predicted molar refractivity (Wildman–Crippen MR) is 101 cm³/mol. The largest absolute Gasteiger partial charge is 0.383 e. The molecule has 0 aliphatic carbocycles. The molecule has 0 bridgehead atoms. The third-order valence-corrected chi connectivity index (χ3v) is 4.51. The number of rotatable bonds is 2. The lowest BCUT2D eigenvalue weighted by molar-refractivity contribution is 1.28. The van der Waals surface area contributed by atoms with Crippen molar-refractivity contribution in [3.63, 3.8) is 0 Å². The summed E-state index contributed by atoms with van der Waals surface area (Å²) in [6.45, 7) is 4.09. The molecule has 0 atom stereocenters. The zero-order chi connectivity index (χ0) is 17.3. The lowest BCUT2D eigenvalue weighted by Crippen LogP contribution is -2.00. The Kier molecular flexibility index (Phi) is 4.37. The van der Waals surface area contributed by atoms with E-state index in [2.05, 4.69) is 45.2 Å². The number of pyridine rings is 1. The van der Waals surface area contributed by atoms with E-state index in [-0.39, 0.29) is 5.82 Å². The minimum absolute atomic E-state index is 0.258. The van der Waals surface area contributed by atoms with Crippen LogP contribution >= 0.6 is 15.9 Å². The first-order valence-corrected chi connectivity index (χ1v) is 8.33. The van der Waals surface area contributed by atoms with E-state index in [0.29, 0.717) is 5.56 Å². The molecule has 3 aromatic rings. The van der Waals surface area contributed by atoms with Crippen LogP contribution in [0.3, 0.4) is 0 Å². The number of aromatic nitrogens is 1. The standard InChI is InChI=1S/C20H16BrN3/c1-12-3-4-13(2)16(9-12)19-10-17(18(11-22)20(23)24-19)14-5-7-15(21)8-6-14/h3-10H,1-2H3,(H2,23,24). The van der Waals surface area contributed by atoms with E-state index in [1.807, 2.05) is 44.2 Å². The number of halogens is 1. The Morgan fingerprint density at radius 2 is 1.71 bits per heavy atom. The number of nitrogens with zero attached hydrogens (tertiary/aromatic N) is 2. The quantitative estimate of drug-likeness (QED) is 0.663. The van der Waals surface area contributed by atoms with Crippen molar-refractivity contribution >= 4 is 21.7 Å². The normalized spacial score (nSPS) is 10.4. The van der Waals surface area contributed by atoms with Gasteiger partial charge in [-0.05, 0) is 49.2 Å². The maximum Gasteiger partial charge on any atom is 0.142 e. The van der Waals surface area contributed by atoms with Crippen molar-refractivity contribution in [2.45, 2.75) is 13.8 Å². The molecule has 1 aromatic heterocycles. The highest BCUT2D eigenvalue weighted by Crippen LogP contribution is 2.33. The van der Waals surface area contributed by atoms with Gasteiger partial charge in [-0.15, -0.1) is 0 Å². The molecule has 0 unspecified atom stereocenters. The summed E-state index contributed by atoms with van der Waals surface area (Å²) < 4.78 is 0.988. The first-order valence-electron chi connectivity index (χ1n) is 7.54. The highest BCUT2D eigenvalue weighted by Gasteiger charge is 2.14. The summed E-state index contributed by atoms with van der Waals surface area (Å²) in [6.07, 6.45) is 0. The Balaban J connectivity index is 2.26. The van der Waals surface area contributed by atoms with Gasteiger partial charge in [0.25, 0.3) is 0 Å². The van der Waals surface area contributed by atoms with Gasteiger partial charge in [-0.2, -0.15) is 5.26 Å². The van der Waals surface area contributed by atoms with Crippen LogP contribution in [0.25, 0.3) is 22.4 Å². The number of hydrogen-bond acceptors (Lipinski definition) is 3. The molecule has 0 saturated heterocycles. The maximum atomic E-state index is 9.50. The van der Waals surface area contributed by atoms with Crippen molar-refractivity contribution in [3.05, 3.63) is 69.7 Å². The summed E-state index contributed by atoms with van der Waals surface area (Å²) in [5.41, 5.74) is 12.3. The smallest absolute Gasteiger partial charge is 0.142 e. The predicted octanol–water partition coefficient (Wildman–Crippen LogP) is 5.25. The van der Waals surface area contributed by atoms with E-state index in [1.165, 1.54) is 0 Å². The Labute approximate surface area is 149 Å². The average Bonchev–Trinajstić information content (AvgIpc) is 2.57. The van der Waals surface area contributed by atoms with Crippen LogP contribution in [0.5, 0.6) is 0 Å². The van der Waals surface area contributed by atoms with Crippen LogP contribution < -0.4 is 5.73 Å². The van der Waals surface area contributed by atoms with E-state index in [1.54, 1.807) is 0 Å². The van der Waals surface area contributed by atoms with Crippen molar-refractivity contribution in [3.8, 4) is 28.5 Å². The summed E-state index contributed by atoms with van der Waals surface area (Å²) in [5, 5.41) is 9.50. The monoisotopic (exact) mass is 377 g/mol. The van der Waals surface area contributed by atoms with Crippen LogP contribution in [0.1, 0.15) is 16.7 Å². The minimum atomic E-state index is 0.258. The molecule has 1 heterocycles. The van der Waals surface area contributed by atoms with E-state index >= 15 is 0 Å². The van der Waals surface area contributed by atoms with Crippen LogP contribution in [0.15, 0.2) is 53.0 Å². The second-order valence-electron chi connectivity index (χ2n) is 5.75. The first-order chi connectivity index (χ1) is 11.5. The second kappa shape index (κ2) is 6.46. The molecule has 118 valence electrons. The van der Waals surface area contributed by atoms with Gasteiger partial charge in [0.1, 0.15) is 17.5 Å². The van der Waals surface area contributed by atoms with Crippen LogP contribution in [0.2, 0.25) is 0 Å². The van der Waals surface area contributed by atoms with Crippen molar-refractivity contribution < 1.29 is 0 Å². The van der Waals surface area contributed by atoms with Gasteiger partial charge in [0.15, 0.2) is 0 Å². The summed E-state index contributed by atoms with van der Waals surface area (Å²) in [7, 11) is 0. The lowest BCUT2D eigenvalue weighted by Gasteiger charge is -2.12. The van der Waals surface area contributed by atoms with Crippen molar-refractivity contribution in [1.29, 1.82) is 5.26 Å². The van der Waals surface area contributed by atoms with E-state index in [4.69, 9.17) is 5.73 Å². The summed E-state index contributed by atoms with van der Waals surface area (Å²) in [6, 6.07) is 18.2. The van der Waals surface area contributed by atoms with Gasteiger partial charge >= 0.3 is 0 Å². The molecule has 0 aliphatic heterocycles. The fraction of sp³-hybridized carbons (Fsp3) is 0.100. The Morgan fingerprint density at radius 3 is 2.38 bits per heavy atom. The number of aryl methyl sites for hydroxylation is 2. The number of nitriles is 1. The lowest BCUT2D eigenvalue weighted by atomic mass is 9.96. The molecule has 0 aliphatic rings. The number of hydrogen-bond donors (Lipinski definition) is 1. The van der Waals surface area contributed by atoms with Gasteiger partial charge < -0.3 is 5.73 Å². The minimum Gasteiger partial charge on any atom is -0.383 e. The molecule has 3 rings (SSSR count). The van der Waals surface area contributed by atoms with Crippen LogP contribution in [-0.4, -0.2) is 4.98 Å². The molecule has 3 nitrogen and oxygen atoms in total. The molecule has 0 amide bonds. The molecule has 0 radical (unpaired) electrons. The van der Waals surface area contributed by atoms with Gasteiger partial charge in [-0.3, -0.25) is 0 Å². The third-order valence-electron chi connectivity index (χ3n) is 3.98. The summed E-state index contributed by atoms with van der Waals surface area (Å²) >= 11 is 3.43. The zero-order valence-electron chi connectivity index (χ0n) is 13.5. The van der Waals surface area contributed by atoms with Crippen molar-refractivity contribution in [1.82, 2.24) is 4.98 Å². The van der Waals surface area contributed by atoms with Gasteiger partial charge in [-0.1, -0.05) is 45.8 Å². The molecule has 0 fully saturated rings. The topological polar surface area (TPSA) is 62.7 Å². The van der Waals surface area contributed by atoms with Gasteiger partial charge in [0, 0.05) is 15.6 Å².